The van der Waals surface area contributed by atoms with Gasteiger partial charge in [-0.15, -0.1) is 0 Å². The van der Waals surface area contributed by atoms with E-state index in [1.807, 2.05) is 6.92 Å². The molecule has 150 valence electrons. The van der Waals surface area contributed by atoms with Crippen LogP contribution in [0.15, 0.2) is 29.2 Å². The molecule has 1 aromatic rings. The Hall–Kier alpha value is -1.93. The number of carbonyl (C=O) groups is 2. The Bertz CT molecular complexity index is 751. The maximum absolute atomic E-state index is 13.0. The summed E-state index contributed by atoms with van der Waals surface area (Å²) in [5.74, 6) is -0.115. The van der Waals surface area contributed by atoms with Crippen molar-refractivity contribution >= 4 is 21.5 Å². The third-order valence-electron chi connectivity index (χ3n) is 4.80. The zero-order valence-electron chi connectivity index (χ0n) is 15.6. The average molecular weight is 397 g/mol. The van der Waals surface area contributed by atoms with Gasteiger partial charge >= 0.3 is 0 Å². The van der Waals surface area contributed by atoms with E-state index >= 15 is 0 Å². The van der Waals surface area contributed by atoms with Crippen molar-refractivity contribution in [3.63, 3.8) is 0 Å². The van der Waals surface area contributed by atoms with Gasteiger partial charge in [0.1, 0.15) is 11.5 Å². The number of amides is 1. The van der Waals surface area contributed by atoms with E-state index < -0.39 is 20.5 Å². The van der Waals surface area contributed by atoms with Crippen LogP contribution in [0.25, 0.3) is 0 Å². The van der Waals surface area contributed by atoms with Crippen LogP contribution in [-0.2, 0) is 24.2 Å². The minimum Gasteiger partial charge on any atom is -0.494 e. The molecule has 0 unspecified atom stereocenters. The first-order valence-corrected chi connectivity index (χ1v) is 10.7. The molecule has 8 heteroatoms. The van der Waals surface area contributed by atoms with Crippen molar-refractivity contribution in [2.24, 2.45) is 5.73 Å². The predicted octanol–water partition coefficient (Wildman–Crippen LogP) is 2.02. The number of hydrogen-bond acceptors (Lipinski definition) is 6. The quantitative estimate of drug-likeness (QED) is 0.605. The van der Waals surface area contributed by atoms with Crippen molar-refractivity contribution in [3.8, 4) is 5.75 Å². The first-order valence-electron chi connectivity index (χ1n) is 9.20. The molecule has 1 aliphatic rings. The number of ketones is 1. The Labute approximate surface area is 160 Å². The molecular weight excluding hydrogens is 370 g/mol. The van der Waals surface area contributed by atoms with Crippen molar-refractivity contribution in [1.29, 1.82) is 0 Å². The number of primary amides is 1. The lowest BCUT2D eigenvalue weighted by atomic mass is 9.98. The molecule has 2 N–H and O–H groups in total. The van der Waals surface area contributed by atoms with Crippen molar-refractivity contribution < 1.29 is 27.5 Å². The third-order valence-corrected chi connectivity index (χ3v) is 7.33. The van der Waals surface area contributed by atoms with Crippen molar-refractivity contribution in [2.45, 2.75) is 55.1 Å². The van der Waals surface area contributed by atoms with Crippen LogP contribution < -0.4 is 10.5 Å². The lowest BCUT2D eigenvalue weighted by Crippen LogP contribution is -2.53. The van der Waals surface area contributed by atoms with Crippen LogP contribution in [-0.4, -0.2) is 44.7 Å². The van der Waals surface area contributed by atoms with Crippen LogP contribution >= 0.6 is 0 Å². The van der Waals surface area contributed by atoms with Gasteiger partial charge in [-0.05, 0) is 49.9 Å². The normalized spacial score (nSPS) is 16.6. The fourth-order valence-electron chi connectivity index (χ4n) is 3.15. The molecule has 0 aromatic heterocycles. The molecule has 0 atom stereocenters. The van der Waals surface area contributed by atoms with Gasteiger partial charge in [0, 0.05) is 26.1 Å². The molecule has 0 saturated carbocycles. The Kier molecular flexibility index (Phi) is 7.38. The van der Waals surface area contributed by atoms with Gasteiger partial charge in [-0.25, -0.2) is 8.42 Å². The van der Waals surface area contributed by atoms with E-state index in [-0.39, 0.29) is 36.7 Å². The second-order valence-electron chi connectivity index (χ2n) is 6.69. The monoisotopic (exact) mass is 397 g/mol. The third kappa shape index (κ3) is 4.87. The number of ether oxygens (including phenoxy) is 2. The summed E-state index contributed by atoms with van der Waals surface area (Å²) in [5.41, 5.74) is 5.46. The summed E-state index contributed by atoms with van der Waals surface area (Å²) in [7, 11) is -3.94. The standard InChI is InChI=1S/C19H27NO6S/c1-2-4-15(21)5-3-12-26-16-6-8-17(9-7-16)27(23,24)19(18(20)22)10-13-25-14-11-19/h6-9H,2-5,10-14H2,1H3,(H2,20,22). The van der Waals surface area contributed by atoms with E-state index in [1.54, 1.807) is 12.1 Å². The number of hydrogen-bond donors (Lipinski definition) is 1. The van der Waals surface area contributed by atoms with Crippen molar-refractivity contribution in [2.75, 3.05) is 19.8 Å². The summed E-state index contributed by atoms with van der Waals surface area (Å²) in [6.45, 7) is 2.71. The second-order valence-corrected chi connectivity index (χ2v) is 8.95. The molecule has 7 nitrogen and oxygen atoms in total. The fourth-order valence-corrected chi connectivity index (χ4v) is 5.07. The van der Waals surface area contributed by atoms with Crippen LogP contribution in [0.5, 0.6) is 5.75 Å². The highest BCUT2D eigenvalue weighted by molar-refractivity contribution is 7.93. The van der Waals surface area contributed by atoms with Crippen LogP contribution in [0.4, 0.5) is 0 Å². The lowest BCUT2D eigenvalue weighted by molar-refractivity contribution is -0.123. The summed E-state index contributed by atoms with van der Waals surface area (Å²) in [6, 6.07) is 5.95. The fraction of sp³-hybridized carbons (Fsp3) is 0.579. The number of rotatable bonds is 10. The SMILES string of the molecule is CCCC(=O)CCCOc1ccc(S(=O)(=O)C2(C(N)=O)CCOCC2)cc1. The summed E-state index contributed by atoms with van der Waals surface area (Å²) in [6.07, 6.45) is 2.62. The smallest absolute Gasteiger partial charge is 0.239 e. The molecule has 1 heterocycles. The van der Waals surface area contributed by atoms with Gasteiger partial charge in [-0.1, -0.05) is 6.92 Å². The van der Waals surface area contributed by atoms with Gasteiger partial charge in [-0.3, -0.25) is 9.59 Å². The van der Waals surface area contributed by atoms with E-state index in [1.165, 1.54) is 12.1 Å². The average Bonchev–Trinajstić information content (AvgIpc) is 2.66. The van der Waals surface area contributed by atoms with Crippen molar-refractivity contribution in [1.82, 2.24) is 0 Å². The highest BCUT2D eigenvalue weighted by Gasteiger charge is 2.51. The maximum atomic E-state index is 13.0. The van der Waals surface area contributed by atoms with Crippen molar-refractivity contribution in [3.05, 3.63) is 24.3 Å². The number of Topliss-reactive ketones (excluding diaryl/α,β-unsaturated/α-hetero) is 1. The Balaban J connectivity index is 2.03. The Morgan fingerprint density at radius 2 is 1.78 bits per heavy atom. The molecule has 0 aliphatic carbocycles. The van der Waals surface area contributed by atoms with Gasteiger partial charge in [0.15, 0.2) is 14.6 Å². The maximum Gasteiger partial charge on any atom is 0.239 e. The second kappa shape index (κ2) is 9.32. The Morgan fingerprint density at radius 3 is 2.33 bits per heavy atom. The first-order chi connectivity index (χ1) is 12.8. The highest BCUT2D eigenvalue weighted by atomic mass is 32.2. The predicted molar refractivity (Wildman–Crippen MR) is 100 cm³/mol. The largest absolute Gasteiger partial charge is 0.494 e. The zero-order valence-corrected chi connectivity index (χ0v) is 16.4. The molecule has 1 aromatic carbocycles. The van der Waals surface area contributed by atoms with Crippen LogP contribution in [0, 0.1) is 0 Å². The van der Waals surface area contributed by atoms with Gasteiger partial charge in [0.25, 0.3) is 0 Å². The molecule has 1 saturated heterocycles. The summed E-state index contributed by atoms with van der Waals surface area (Å²) in [4.78, 5) is 23.5. The Morgan fingerprint density at radius 1 is 1.15 bits per heavy atom. The molecule has 1 fully saturated rings. The zero-order chi connectivity index (χ0) is 19.9. The number of benzene rings is 1. The molecule has 27 heavy (non-hydrogen) atoms. The summed E-state index contributed by atoms with van der Waals surface area (Å²) < 4.78 is 35.2. The summed E-state index contributed by atoms with van der Waals surface area (Å²) in [5, 5.41) is 0. The van der Waals surface area contributed by atoms with E-state index in [2.05, 4.69) is 0 Å². The molecule has 1 aliphatic heterocycles. The van der Waals surface area contributed by atoms with Crippen LogP contribution in [0.3, 0.4) is 0 Å². The molecule has 2 rings (SSSR count). The lowest BCUT2D eigenvalue weighted by Gasteiger charge is -2.33. The minimum atomic E-state index is -3.94. The molecule has 1 amide bonds. The molecular formula is C19H27NO6S. The first kappa shape index (κ1) is 21.4. The van der Waals surface area contributed by atoms with E-state index in [9.17, 15) is 18.0 Å². The molecule has 0 radical (unpaired) electrons. The highest BCUT2D eigenvalue weighted by Crippen LogP contribution is 2.35. The van der Waals surface area contributed by atoms with E-state index in [0.717, 1.165) is 6.42 Å². The minimum absolute atomic E-state index is 0.0358. The van der Waals surface area contributed by atoms with Gasteiger partial charge in [0.2, 0.25) is 5.91 Å². The van der Waals surface area contributed by atoms with E-state index in [0.29, 0.717) is 31.6 Å². The molecule has 0 spiro atoms. The summed E-state index contributed by atoms with van der Waals surface area (Å²) >= 11 is 0. The van der Waals surface area contributed by atoms with Crippen LogP contribution in [0.1, 0.15) is 45.4 Å². The van der Waals surface area contributed by atoms with Crippen LogP contribution in [0.2, 0.25) is 0 Å². The number of sulfone groups is 1. The topological polar surface area (TPSA) is 113 Å². The van der Waals surface area contributed by atoms with Gasteiger partial charge < -0.3 is 15.2 Å². The van der Waals surface area contributed by atoms with E-state index in [4.69, 9.17) is 15.2 Å². The number of nitrogens with two attached hydrogens (primary N) is 1. The number of carbonyl (C=O) groups excluding carboxylic acids is 2. The van der Waals surface area contributed by atoms with Gasteiger partial charge in [0.05, 0.1) is 11.5 Å². The molecule has 0 bridgehead atoms. The van der Waals surface area contributed by atoms with Gasteiger partial charge in [-0.2, -0.15) is 0 Å².